The van der Waals surface area contributed by atoms with Gasteiger partial charge in [0.1, 0.15) is 0 Å². The van der Waals surface area contributed by atoms with Crippen molar-refractivity contribution in [3.63, 3.8) is 0 Å². The van der Waals surface area contributed by atoms with E-state index in [-0.39, 0.29) is 17.6 Å². The maximum Gasteiger partial charge on any atom is 0.157 e. The molecule has 2 N–H and O–H groups in total. The first-order valence-corrected chi connectivity index (χ1v) is 4.99. The lowest BCUT2D eigenvalue weighted by molar-refractivity contribution is -0.0210. The average Bonchev–Trinajstić information content (AvgIpc) is 2.22. The van der Waals surface area contributed by atoms with Crippen LogP contribution in [0, 0.1) is 0 Å². The Morgan fingerprint density at radius 2 is 2.13 bits per heavy atom. The molecule has 2 rings (SSSR count). The van der Waals surface area contributed by atoms with Gasteiger partial charge in [0.2, 0.25) is 0 Å². The molecule has 82 valence electrons. The van der Waals surface area contributed by atoms with Crippen molar-refractivity contribution < 1.29 is 14.9 Å². The fraction of sp³-hybridized carbons (Fsp3) is 0.455. The zero-order valence-corrected chi connectivity index (χ0v) is 8.68. The molecule has 1 fully saturated rings. The van der Waals surface area contributed by atoms with Crippen LogP contribution in [0.5, 0.6) is 11.5 Å². The molecule has 0 aromatic heterocycles. The van der Waals surface area contributed by atoms with E-state index in [0.29, 0.717) is 6.61 Å². The third kappa shape index (κ3) is 2.22. The Balaban J connectivity index is 2.18. The number of hydrogen-bond donors (Lipinski definition) is 2. The SMILES string of the molecule is CN1CCO[C@@H](c2ccc(O)c(O)c2)C1. The first-order chi connectivity index (χ1) is 7.16. The standard InChI is InChI=1S/C11H15NO3/c1-12-4-5-15-11(7-12)8-2-3-9(13)10(14)6-8/h2-3,6,11,13-14H,4-5,7H2,1H3/t11-/m1/s1. The van der Waals surface area contributed by atoms with Crippen LogP contribution in [0.15, 0.2) is 18.2 Å². The van der Waals surface area contributed by atoms with Crippen molar-refractivity contribution in [3.05, 3.63) is 23.8 Å². The quantitative estimate of drug-likeness (QED) is 0.680. The zero-order chi connectivity index (χ0) is 10.8. The molecule has 4 heteroatoms. The molecule has 4 nitrogen and oxygen atoms in total. The van der Waals surface area contributed by atoms with Gasteiger partial charge in [-0.1, -0.05) is 6.07 Å². The van der Waals surface area contributed by atoms with Crippen molar-refractivity contribution in [1.82, 2.24) is 4.90 Å². The van der Waals surface area contributed by atoms with Crippen LogP contribution in [-0.4, -0.2) is 41.9 Å². The Bertz CT molecular complexity index is 354. The summed E-state index contributed by atoms with van der Waals surface area (Å²) in [6.45, 7) is 2.44. The largest absolute Gasteiger partial charge is 0.504 e. The van der Waals surface area contributed by atoms with Gasteiger partial charge in [-0.3, -0.25) is 0 Å². The van der Waals surface area contributed by atoms with Gasteiger partial charge >= 0.3 is 0 Å². The van der Waals surface area contributed by atoms with Crippen LogP contribution in [0.2, 0.25) is 0 Å². The third-order valence-electron chi connectivity index (χ3n) is 2.64. The normalized spacial score (nSPS) is 22.9. The van der Waals surface area contributed by atoms with E-state index < -0.39 is 0 Å². The Labute approximate surface area is 88.7 Å². The number of hydrogen-bond acceptors (Lipinski definition) is 4. The van der Waals surface area contributed by atoms with Gasteiger partial charge in [0.15, 0.2) is 11.5 Å². The van der Waals surface area contributed by atoms with Gasteiger partial charge in [0.05, 0.1) is 12.7 Å². The summed E-state index contributed by atoms with van der Waals surface area (Å²) in [4.78, 5) is 2.18. The van der Waals surface area contributed by atoms with Crippen LogP contribution in [0.1, 0.15) is 11.7 Å². The topological polar surface area (TPSA) is 52.9 Å². The van der Waals surface area contributed by atoms with E-state index in [1.165, 1.54) is 6.07 Å². The summed E-state index contributed by atoms with van der Waals surface area (Å²) in [5.41, 5.74) is 0.900. The second kappa shape index (κ2) is 4.08. The van der Waals surface area contributed by atoms with Crippen LogP contribution in [-0.2, 0) is 4.74 Å². The number of aromatic hydroxyl groups is 2. The van der Waals surface area contributed by atoms with Crippen molar-refractivity contribution in [2.24, 2.45) is 0 Å². The summed E-state index contributed by atoms with van der Waals surface area (Å²) in [6, 6.07) is 4.82. The van der Waals surface area contributed by atoms with E-state index >= 15 is 0 Å². The second-order valence-electron chi connectivity index (χ2n) is 3.87. The number of phenolic OH excluding ortho intramolecular Hbond substituents is 2. The third-order valence-corrected chi connectivity index (χ3v) is 2.64. The maximum absolute atomic E-state index is 9.38. The minimum absolute atomic E-state index is 0.0183. The summed E-state index contributed by atoms with van der Waals surface area (Å²) in [7, 11) is 2.04. The number of morpholine rings is 1. The molecule has 0 radical (unpaired) electrons. The highest BCUT2D eigenvalue weighted by atomic mass is 16.5. The monoisotopic (exact) mass is 209 g/mol. The smallest absolute Gasteiger partial charge is 0.157 e. The number of ether oxygens (including phenoxy) is 1. The van der Waals surface area contributed by atoms with Crippen molar-refractivity contribution >= 4 is 0 Å². The number of nitrogens with zero attached hydrogens (tertiary/aromatic N) is 1. The molecular formula is C11H15NO3. The van der Waals surface area contributed by atoms with Crippen LogP contribution >= 0.6 is 0 Å². The van der Waals surface area contributed by atoms with E-state index in [1.54, 1.807) is 12.1 Å². The predicted octanol–water partition coefficient (Wildman–Crippen LogP) is 1.10. The number of benzene rings is 1. The fourth-order valence-electron chi connectivity index (χ4n) is 1.72. The number of phenols is 2. The average molecular weight is 209 g/mol. The summed E-state index contributed by atoms with van der Waals surface area (Å²) < 4.78 is 5.59. The van der Waals surface area contributed by atoms with Gasteiger partial charge in [0.25, 0.3) is 0 Å². The molecule has 0 aliphatic carbocycles. The molecule has 0 unspecified atom stereocenters. The van der Waals surface area contributed by atoms with Crippen molar-refractivity contribution in [1.29, 1.82) is 0 Å². The highest BCUT2D eigenvalue weighted by Crippen LogP contribution is 2.30. The molecule has 0 amide bonds. The fourth-order valence-corrected chi connectivity index (χ4v) is 1.72. The minimum atomic E-state index is -0.0945. The first-order valence-electron chi connectivity index (χ1n) is 4.99. The maximum atomic E-state index is 9.38. The highest BCUT2D eigenvalue weighted by Gasteiger charge is 2.20. The molecule has 1 saturated heterocycles. The molecule has 1 aliphatic heterocycles. The Hall–Kier alpha value is -1.26. The molecule has 0 bridgehead atoms. The van der Waals surface area contributed by atoms with Crippen LogP contribution in [0.25, 0.3) is 0 Å². The van der Waals surface area contributed by atoms with E-state index in [1.807, 2.05) is 7.05 Å². The van der Waals surface area contributed by atoms with Gasteiger partial charge in [-0.05, 0) is 24.7 Å². The first kappa shape index (κ1) is 10.3. The Morgan fingerprint density at radius 1 is 1.33 bits per heavy atom. The van der Waals surface area contributed by atoms with E-state index in [9.17, 15) is 10.2 Å². The predicted molar refractivity (Wildman–Crippen MR) is 56.0 cm³/mol. The Kier molecular flexibility index (Phi) is 2.79. The summed E-state index contributed by atoms with van der Waals surface area (Å²) in [5, 5.41) is 18.6. The molecular weight excluding hydrogens is 194 g/mol. The van der Waals surface area contributed by atoms with Crippen LogP contribution in [0.3, 0.4) is 0 Å². The van der Waals surface area contributed by atoms with Gasteiger partial charge in [-0.15, -0.1) is 0 Å². The van der Waals surface area contributed by atoms with Crippen LogP contribution < -0.4 is 0 Å². The van der Waals surface area contributed by atoms with E-state index in [4.69, 9.17) is 4.74 Å². The van der Waals surface area contributed by atoms with Gasteiger partial charge in [0, 0.05) is 13.1 Å². The lowest BCUT2D eigenvalue weighted by Gasteiger charge is -2.30. The molecule has 0 spiro atoms. The second-order valence-corrected chi connectivity index (χ2v) is 3.87. The molecule has 1 atom stereocenters. The van der Waals surface area contributed by atoms with Gasteiger partial charge < -0.3 is 19.8 Å². The van der Waals surface area contributed by atoms with E-state index in [0.717, 1.165) is 18.7 Å². The summed E-state index contributed by atoms with van der Waals surface area (Å²) >= 11 is 0. The lowest BCUT2D eigenvalue weighted by Crippen LogP contribution is -2.35. The van der Waals surface area contributed by atoms with Gasteiger partial charge in [-0.2, -0.15) is 0 Å². The molecule has 1 aromatic carbocycles. The van der Waals surface area contributed by atoms with Gasteiger partial charge in [-0.25, -0.2) is 0 Å². The number of rotatable bonds is 1. The Morgan fingerprint density at radius 3 is 2.80 bits per heavy atom. The van der Waals surface area contributed by atoms with Crippen molar-refractivity contribution in [3.8, 4) is 11.5 Å². The molecule has 1 heterocycles. The summed E-state index contributed by atoms with van der Waals surface area (Å²) in [5.74, 6) is -0.188. The van der Waals surface area contributed by atoms with E-state index in [2.05, 4.69) is 4.90 Å². The summed E-state index contributed by atoms with van der Waals surface area (Å²) in [6.07, 6.45) is -0.0183. The van der Waals surface area contributed by atoms with Crippen molar-refractivity contribution in [2.45, 2.75) is 6.10 Å². The zero-order valence-electron chi connectivity index (χ0n) is 8.68. The van der Waals surface area contributed by atoms with Crippen LogP contribution in [0.4, 0.5) is 0 Å². The lowest BCUT2D eigenvalue weighted by atomic mass is 10.1. The minimum Gasteiger partial charge on any atom is -0.504 e. The molecule has 0 saturated carbocycles. The molecule has 1 aliphatic rings. The molecule has 15 heavy (non-hydrogen) atoms. The molecule has 1 aromatic rings. The van der Waals surface area contributed by atoms with Crippen molar-refractivity contribution in [2.75, 3.05) is 26.7 Å². The number of likely N-dealkylation sites (N-methyl/N-ethyl adjacent to an activating group) is 1. The highest BCUT2D eigenvalue weighted by molar-refractivity contribution is 5.41.